The third kappa shape index (κ3) is 3.40. The molecule has 1 unspecified atom stereocenters. The van der Waals surface area contributed by atoms with Crippen LogP contribution in [0.4, 0.5) is 0 Å². The van der Waals surface area contributed by atoms with Gasteiger partial charge in [0.15, 0.2) is 11.5 Å². The van der Waals surface area contributed by atoms with Gasteiger partial charge in [-0.15, -0.1) is 0 Å². The van der Waals surface area contributed by atoms with Crippen molar-refractivity contribution in [3.05, 3.63) is 41.7 Å². The average molecular weight is 412 g/mol. The zero-order chi connectivity index (χ0) is 21.3. The molecule has 30 heavy (non-hydrogen) atoms. The van der Waals surface area contributed by atoms with Gasteiger partial charge < -0.3 is 19.3 Å². The molecule has 0 aliphatic carbocycles. The van der Waals surface area contributed by atoms with Gasteiger partial charge >= 0.3 is 0 Å². The predicted octanol–water partition coefficient (Wildman–Crippen LogP) is 2.09. The lowest BCUT2D eigenvalue weighted by atomic mass is 9.78. The summed E-state index contributed by atoms with van der Waals surface area (Å²) >= 11 is 0. The maximum atomic E-state index is 13.5. The highest BCUT2D eigenvalue weighted by molar-refractivity contribution is 5.94. The van der Waals surface area contributed by atoms with Crippen molar-refractivity contribution in [2.24, 2.45) is 12.5 Å². The van der Waals surface area contributed by atoms with Crippen LogP contribution in [0.2, 0.25) is 0 Å². The Labute approximate surface area is 176 Å². The summed E-state index contributed by atoms with van der Waals surface area (Å²) < 4.78 is 12.5. The Morgan fingerprint density at radius 2 is 2.00 bits per heavy atom. The molecule has 2 aromatic rings. The highest BCUT2D eigenvalue weighted by atomic mass is 16.5. The van der Waals surface area contributed by atoms with E-state index in [4.69, 9.17) is 9.47 Å². The molecule has 160 valence electrons. The topological polar surface area (TPSA) is 76.9 Å². The van der Waals surface area contributed by atoms with Crippen LogP contribution >= 0.6 is 0 Å². The van der Waals surface area contributed by atoms with Crippen LogP contribution in [-0.2, 0) is 18.4 Å². The molecule has 0 radical (unpaired) electrons. The van der Waals surface area contributed by atoms with Crippen LogP contribution in [0.1, 0.15) is 35.3 Å². The van der Waals surface area contributed by atoms with Gasteiger partial charge in [-0.3, -0.25) is 14.3 Å². The molecule has 1 aromatic carbocycles. The minimum absolute atomic E-state index is 0.0636. The standard InChI is InChI=1S/C22H28N4O4/c1-24-17(8-11-23-24)20(27)26-13-10-22(15-26)9-5-12-25(21(22)28)14-16-6-4-7-18(29-2)19(16)30-3/h4,6-8,11H,5,9-10,12-15H2,1-3H3. The lowest BCUT2D eigenvalue weighted by molar-refractivity contribution is -0.146. The number of nitrogens with zero attached hydrogens (tertiary/aromatic N) is 4. The van der Waals surface area contributed by atoms with Crippen molar-refractivity contribution in [2.45, 2.75) is 25.8 Å². The molecule has 0 saturated carbocycles. The normalized spacial score (nSPS) is 21.4. The van der Waals surface area contributed by atoms with E-state index in [1.54, 1.807) is 43.1 Å². The smallest absolute Gasteiger partial charge is 0.272 e. The van der Waals surface area contributed by atoms with E-state index in [1.807, 2.05) is 23.1 Å². The second kappa shape index (κ2) is 8.01. The first kappa shape index (κ1) is 20.3. The molecule has 1 atom stereocenters. The fourth-order valence-corrected chi connectivity index (χ4v) is 4.76. The number of hydrogen-bond donors (Lipinski definition) is 0. The predicted molar refractivity (Wildman–Crippen MR) is 110 cm³/mol. The van der Waals surface area contributed by atoms with Gasteiger partial charge in [0.05, 0.1) is 19.6 Å². The Kier molecular flexibility index (Phi) is 5.40. The number of benzene rings is 1. The summed E-state index contributed by atoms with van der Waals surface area (Å²) in [5, 5.41) is 4.09. The zero-order valence-electron chi connectivity index (χ0n) is 17.8. The quantitative estimate of drug-likeness (QED) is 0.752. The average Bonchev–Trinajstić information content (AvgIpc) is 3.38. The molecule has 0 N–H and O–H groups in total. The van der Waals surface area contributed by atoms with E-state index in [0.717, 1.165) is 18.4 Å². The molecule has 3 heterocycles. The second-order valence-corrected chi connectivity index (χ2v) is 8.08. The van der Waals surface area contributed by atoms with Gasteiger partial charge in [-0.2, -0.15) is 5.10 Å². The summed E-state index contributed by atoms with van der Waals surface area (Å²) in [5.41, 5.74) is 0.967. The number of carbonyl (C=O) groups is 2. The van der Waals surface area contributed by atoms with Crippen LogP contribution in [0.3, 0.4) is 0 Å². The Bertz CT molecular complexity index is 956. The summed E-state index contributed by atoms with van der Waals surface area (Å²) in [6.07, 6.45) is 4.05. The third-order valence-electron chi connectivity index (χ3n) is 6.35. The molecule has 8 heteroatoms. The van der Waals surface area contributed by atoms with Crippen LogP contribution in [0, 0.1) is 5.41 Å². The summed E-state index contributed by atoms with van der Waals surface area (Å²) in [4.78, 5) is 30.1. The lowest BCUT2D eigenvalue weighted by Gasteiger charge is -2.39. The Morgan fingerprint density at radius 1 is 1.17 bits per heavy atom. The number of hydrogen-bond acceptors (Lipinski definition) is 5. The maximum absolute atomic E-state index is 13.5. The monoisotopic (exact) mass is 412 g/mol. The fourth-order valence-electron chi connectivity index (χ4n) is 4.76. The van der Waals surface area contributed by atoms with Crippen molar-refractivity contribution in [1.82, 2.24) is 19.6 Å². The van der Waals surface area contributed by atoms with Gasteiger partial charge in [-0.1, -0.05) is 12.1 Å². The van der Waals surface area contributed by atoms with E-state index < -0.39 is 5.41 Å². The molecule has 4 rings (SSSR count). The first-order valence-corrected chi connectivity index (χ1v) is 10.3. The third-order valence-corrected chi connectivity index (χ3v) is 6.35. The van der Waals surface area contributed by atoms with E-state index >= 15 is 0 Å². The number of rotatable bonds is 5. The molecule has 2 aliphatic rings. The first-order valence-electron chi connectivity index (χ1n) is 10.3. The minimum atomic E-state index is -0.501. The number of piperidine rings is 1. The Balaban J connectivity index is 1.52. The van der Waals surface area contributed by atoms with Gasteiger partial charge in [0.25, 0.3) is 5.91 Å². The SMILES string of the molecule is COc1cccc(CN2CCCC3(CCN(C(=O)c4ccnn4C)C3)C2=O)c1OC. The number of carbonyl (C=O) groups excluding carboxylic acids is 2. The Hall–Kier alpha value is -3.03. The molecular weight excluding hydrogens is 384 g/mol. The Morgan fingerprint density at radius 3 is 2.70 bits per heavy atom. The lowest BCUT2D eigenvalue weighted by Crippen LogP contribution is -2.50. The molecule has 1 aromatic heterocycles. The van der Waals surface area contributed by atoms with Crippen molar-refractivity contribution in [3.8, 4) is 11.5 Å². The number of methoxy groups -OCH3 is 2. The van der Waals surface area contributed by atoms with E-state index in [-0.39, 0.29) is 11.8 Å². The van der Waals surface area contributed by atoms with Crippen LogP contribution < -0.4 is 9.47 Å². The van der Waals surface area contributed by atoms with E-state index in [2.05, 4.69) is 5.10 Å². The number of amides is 2. The molecule has 0 bridgehead atoms. The van der Waals surface area contributed by atoms with Crippen LogP contribution in [0.25, 0.3) is 0 Å². The number of aromatic nitrogens is 2. The van der Waals surface area contributed by atoms with Crippen molar-refractivity contribution in [2.75, 3.05) is 33.9 Å². The number of aryl methyl sites for hydroxylation is 1. The molecular formula is C22H28N4O4. The molecule has 2 aliphatic heterocycles. The van der Waals surface area contributed by atoms with E-state index in [0.29, 0.717) is 49.8 Å². The van der Waals surface area contributed by atoms with Crippen LogP contribution in [0.15, 0.2) is 30.5 Å². The zero-order valence-corrected chi connectivity index (χ0v) is 17.8. The number of likely N-dealkylation sites (tertiary alicyclic amines) is 2. The van der Waals surface area contributed by atoms with Crippen molar-refractivity contribution < 1.29 is 19.1 Å². The van der Waals surface area contributed by atoms with Crippen LogP contribution in [0.5, 0.6) is 11.5 Å². The molecule has 2 fully saturated rings. The molecule has 8 nitrogen and oxygen atoms in total. The summed E-state index contributed by atoms with van der Waals surface area (Å²) in [6, 6.07) is 7.44. The molecule has 1 spiro atoms. The van der Waals surface area contributed by atoms with Gasteiger partial charge in [-0.05, 0) is 31.4 Å². The fraction of sp³-hybridized carbons (Fsp3) is 0.500. The van der Waals surface area contributed by atoms with Crippen molar-refractivity contribution in [3.63, 3.8) is 0 Å². The molecule has 2 saturated heterocycles. The maximum Gasteiger partial charge on any atom is 0.272 e. The van der Waals surface area contributed by atoms with Gasteiger partial charge in [0.1, 0.15) is 5.69 Å². The molecule has 2 amide bonds. The summed E-state index contributed by atoms with van der Waals surface area (Å²) in [6.45, 7) is 2.22. The highest BCUT2D eigenvalue weighted by Crippen LogP contribution is 2.41. The van der Waals surface area contributed by atoms with Gasteiger partial charge in [0, 0.05) is 45.0 Å². The first-order chi connectivity index (χ1) is 14.5. The second-order valence-electron chi connectivity index (χ2n) is 8.08. The van der Waals surface area contributed by atoms with E-state index in [9.17, 15) is 9.59 Å². The van der Waals surface area contributed by atoms with E-state index in [1.165, 1.54) is 0 Å². The van der Waals surface area contributed by atoms with Gasteiger partial charge in [-0.25, -0.2) is 0 Å². The van der Waals surface area contributed by atoms with Gasteiger partial charge in [0.2, 0.25) is 5.91 Å². The van der Waals surface area contributed by atoms with Crippen LogP contribution in [-0.4, -0.2) is 65.2 Å². The minimum Gasteiger partial charge on any atom is -0.493 e. The highest BCUT2D eigenvalue weighted by Gasteiger charge is 2.49. The largest absolute Gasteiger partial charge is 0.493 e. The van der Waals surface area contributed by atoms with Crippen molar-refractivity contribution >= 4 is 11.8 Å². The van der Waals surface area contributed by atoms with Crippen molar-refractivity contribution in [1.29, 1.82) is 0 Å². The number of ether oxygens (including phenoxy) is 2. The summed E-state index contributed by atoms with van der Waals surface area (Å²) in [5.74, 6) is 1.38. The number of para-hydroxylation sites is 1. The summed E-state index contributed by atoms with van der Waals surface area (Å²) in [7, 11) is 4.98.